The summed E-state index contributed by atoms with van der Waals surface area (Å²) in [4.78, 5) is 30.2. The van der Waals surface area contributed by atoms with Gasteiger partial charge in [0, 0.05) is 62.1 Å². The number of benzene rings is 1. The lowest BCUT2D eigenvalue weighted by molar-refractivity contribution is 0.102. The molecule has 4 heterocycles. The van der Waals surface area contributed by atoms with Crippen LogP contribution in [0.15, 0.2) is 41.8 Å². The van der Waals surface area contributed by atoms with Gasteiger partial charge in [0.25, 0.3) is 5.91 Å². The summed E-state index contributed by atoms with van der Waals surface area (Å²) in [6.07, 6.45) is 11.9. The van der Waals surface area contributed by atoms with Crippen LogP contribution < -0.4 is 21.3 Å². The van der Waals surface area contributed by atoms with Gasteiger partial charge in [-0.25, -0.2) is 14.3 Å². The molecule has 0 bridgehead atoms. The van der Waals surface area contributed by atoms with Crippen LogP contribution >= 0.6 is 11.5 Å². The van der Waals surface area contributed by atoms with Gasteiger partial charge in [0.2, 0.25) is 0 Å². The van der Waals surface area contributed by atoms with Crippen LogP contribution in [0.5, 0.6) is 0 Å². The fraction of sp³-hybridized carbons (Fsp3) is 0.370. The van der Waals surface area contributed by atoms with Crippen molar-refractivity contribution in [3.05, 3.63) is 53.6 Å². The van der Waals surface area contributed by atoms with Gasteiger partial charge in [-0.2, -0.15) is 0 Å². The van der Waals surface area contributed by atoms with Crippen molar-refractivity contribution in [1.29, 1.82) is 0 Å². The average molecular weight is 530 g/mol. The Balaban J connectivity index is 1.24. The molecule has 1 aromatic carbocycles. The van der Waals surface area contributed by atoms with E-state index in [4.69, 9.17) is 5.73 Å². The van der Waals surface area contributed by atoms with Crippen LogP contribution in [0.3, 0.4) is 0 Å². The lowest BCUT2D eigenvalue weighted by Crippen LogP contribution is -2.43. The van der Waals surface area contributed by atoms with E-state index in [2.05, 4.69) is 34.9 Å². The number of aliphatic imine (C=N–C) groups is 1. The van der Waals surface area contributed by atoms with Crippen LogP contribution in [-0.4, -0.2) is 63.1 Å². The molecule has 4 aromatic rings. The third kappa shape index (κ3) is 4.86. The summed E-state index contributed by atoms with van der Waals surface area (Å²) in [7, 11) is 1.72. The van der Waals surface area contributed by atoms with Crippen molar-refractivity contribution < 1.29 is 4.79 Å². The van der Waals surface area contributed by atoms with Gasteiger partial charge in [0.15, 0.2) is 11.5 Å². The molecule has 1 saturated carbocycles. The van der Waals surface area contributed by atoms with Crippen LogP contribution in [0.4, 0.5) is 17.2 Å². The van der Waals surface area contributed by atoms with Crippen LogP contribution in [0.25, 0.3) is 16.2 Å². The first-order chi connectivity index (χ1) is 18.5. The number of rotatable bonds is 7. The predicted molar refractivity (Wildman–Crippen MR) is 153 cm³/mol. The minimum atomic E-state index is -0.320. The van der Waals surface area contributed by atoms with E-state index in [0.29, 0.717) is 28.8 Å². The van der Waals surface area contributed by atoms with Gasteiger partial charge in [-0.15, -0.1) is 0 Å². The zero-order chi connectivity index (χ0) is 26.2. The lowest BCUT2D eigenvalue weighted by Gasteiger charge is -2.35. The first-order valence-corrected chi connectivity index (χ1v) is 13.7. The summed E-state index contributed by atoms with van der Waals surface area (Å²) in [5, 5.41) is 6.66. The molecule has 0 radical (unpaired) electrons. The normalized spacial score (nSPS) is 16.5. The van der Waals surface area contributed by atoms with Crippen molar-refractivity contribution in [2.24, 2.45) is 4.99 Å². The first kappa shape index (κ1) is 24.5. The Morgan fingerprint density at radius 3 is 2.63 bits per heavy atom. The number of hydrogen-bond donors (Lipinski definition) is 3. The van der Waals surface area contributed by atoms with E-state index >= 15 is 0 Å². The van der Waals surface area contributed by atoms with Crippen LogP contribution in [-0.2, 0) is 0 Å². The molecule has 0 spiro atoms. The molecule has 11 heteroatoms. The highest BCUT2D eigenvalue weighted by Gasteiger charge is 2.28. The maximum absolute atomic E-state index is 13.4. The van der Waals surface area contributed by atoms with Crippen molar-refractivity contribution in [3.8, 4) is 10.6 Å². The van der Waals surface area contributed by atoms with Crippen molar-refractivity contribution in [2.45, 2.75) is 44.7 Å². The number of amides is 1. The first-order valence-electron chi connectivity index (χ1n) is 12.9. The number of fused-ring (bicyclic) bond motifs is 1. The third-order valence-corrected chi connectivity index (χ3v) is 7.88. The van der Waals surface area contributed by atoms with Gasteiger partial charge < -0.3 is 25.7 Å². The number of hydrogen-bond acceptors (Lipinski definition) is 9. The molecule has 2 aliphatic rings. The Labute approximate surface area is 225 Å². The number of piperidine rings is 1. The molecule has 1 aliphatic heterocycles. The summed E-state index contributed by atoms with van der Waals surface area (Å²) < 4.78 is 6.06. The van der Waals surface area contributed by atoms with Crippen molar-refractivity contribution in [1.82, 2.24) is 24.1 Å². The Kier molecular flexibility index (Phi) is 6.54. The van der Waals surface area contributed by atoms with Crippen molar-refractivity contribution in [3.63, 3.8) is 0 Å². The number of carbonyl (C=O) groups is 1. The molecule has 3 aromatic heterocycles. The second-order valence-electron chi connectivity index (χ2n) is 9.97. The minimum absolute atomic E-state index is 0.320. The number of nitrogens with two attached hydrogens (primary N) is 1. The fourth-order valence-corrected chi connectivity index (χ4v) is 5.69. The summed E-state index contributed by atoms with van der Waals surface area (Å²) >= 11 is 1.36. The van der Waals surface area contributed by atoms with E-state index in [9.17, 15) is 4.79 Å². The van der Waals surface area contributed by atoms with Gasteiger partial charge in [-0.1, -0.05) is 0 Å². The monoisotopic (exact) mass is 529 g/mol. The van der Waals surface area contributed by atoms with Gasteiger partial charge in [0.05, 0.1) is 28.0 Å². The molecule has 2 fully saturated rings. The molecule has 0 unspecified atom stereocenters. The van der Waals surface area contributed by atoms with E-state index in [1.165, 1.54) is 24.4 Å². The predicted octanol–water partition coefficient (Wildman–Crippen LogP) is 3.77. The Morgan fingerprint density at radius 1 is 1.13 bits per heavy atom. The third-order valence-electron chi connectivity index (χ3n) is 7.12. The van der Waals surface area contributed by atoms with Crippen molar-refractivity contribution >= 4 is 46.5 Å². The second-order valence-corrected chi connectivity index (χ2v) is 10.8. The maximum atomic E-state index is 13.4. The Bertz CT molecular complexity index is 1500. The number of nitrogens with one attached hydrogen (secondary N) is 2. The van der Waals surface area contributed by atoms with Gasteiger partial charge >= 0.3 is 0 Å². The van der Waals surface area contributed by atoms with E-state index in [1.807, 2.05) is 29.7 Å². The molecule has 10 nitrogen and oxygen atoms in total. The molecule has 4 N–H and O–H groups in total. The molecule has 0 atom stereocenters. The highest BCUT2D eigenvalue weighted by Crippen LogP contribution is 2.32. The van der Waals surface area contributed by atoms with Gasteiger partial charge in [0.1, 0.15) is 5.69 Å². The fourth-order valence-electron chi connectivity index (χ4n) is 5.10. The number of nitrogen functional groups attached to an aromatic ring is 1. The minimum Gasteiger partial charge on any atom is -0.397 e. The molecule has 1 saturated heterocycles. The van der Waals surface area contributed by atoms with Crippen LogP contribution in [0.2, 0.25) is 0 Å². The summed E-state index contributed by atoms with van der Waals surface area (Å²) in [5.74, 6) is 0.104. The summed E-state index contributed by atoms with van der Waals surface area (Å²) in [6.45, 7) is 3.81. The number of imidazole rings is 1. The molecule has 6 rings (SSSR count). The molecular weight excluding hydrogens is 498 g/mol. The van der Waals surface area contributed by atoms with E-state index in [-0.39, 0.29) is 5.91 Å². The average Bonchev–Trinajstić information content (AvgIpc) is 3.37. The molecular formula is C27H31N9OS. The second kappa shape index (κ2) is 10.1. The van der Waals surface area contributed by atoms with E-state index in [0.717, 1.165) is 59.5 Å². The summed E-state index contributed by atoms with van der Waals surface area (Å²) in [5.41, 5.74) is 11.4. The topological polar surface area (TPSA) is 126 Å². The zero-order valence-corrected chi connectivity index (χ0v) is 22.3. The zero-order valence-electron chi connectivity index (χ0n) is 21.5. The van der Waals surface area contributed by atoms with Gasteiger partial charge in [-0.05, 0) is 62.3 Å². The maximum Gasteiger partial charge on any atom is 0.258 e. The summed E-state index contributed by atoms with van der Waals surface area (Å²) in [6, 6.07) is 6.98. The van der Waals surface area contributed by atoms with E-state index < -0.39 is 0 Å². The Morgan fingerprint density at radius 2 is 1.92 bits per heavy atom. The quantitative estimate of drug-likeness (QED) is 0.246. The highest BCUT2D eigenvalue weighted by atomic mass is 32.1. The number of aryl methyl sites for hydroxylation is 1. The number of nitrogens with zero attached hydrogens (tertiary/aromatic N) is 6. The molecule has 1 amide bonds. The number of aromatic nitrogens is 4. The largest absolute Gasteiger partial charge is 0.397 e. The number of carbonyl (C=O) groups excluding carboxylic acids is 1. The standard InChI is InChI=1S/C27H31N9OS/c1-16-14-36-15-23(33-26(36)25(31-16)22-7-10-30-38-22)34-27(37)19-5-6-21(20(13-29-2)24(19)28)35-11-8-18(9-12-35)32-17-3-4-17/h5-7,10,13-15,17-18,32H,3-4,8-9,11-12,28H2,1-2H3,(H,34,37). The highest BCUT2D eigenvalue weighted by molar-refractivity contribution is 7.09. The Hall–Kier alpha value is -3.83. The SMILES string of the molecule is CN=Cc1c(N2CCC(NC3CC3)CC2)ccc(C(=O)Nc2cn3cc(C)nc(-c4ccns4)c3n2)c1N. The van der Waals surface area contributed by atoms with Crippen LogP contribution in [0, 0.1) is 6.92 Å². The lowest BCUT2D eigenvalue weighted by atomic mass is 10.00. The molecule has 1 aliphatic carbocycles. The molecule has 38 heavy (non-hydrogen) atoms. The van der Waals surface area contributed by atoms with Gasteiger partial charge in [-0.3, -0.25) is 9.79 Å². The van der Waals surface area contributed by atoms with E-state index in [1.54, 1.807) is 31.7 Å². The number of anilines is 3. The van der Waals surface area contributed by atoms with Crippen LogP contribution in [0.1, 0.15) is 47.3 Å². The molecule has 196 valence electrons. The smallest absolute Gasteiger partial charge is 0.258 e. The van der Waals surface area contributed by atoms with Crippen molar-refractivity contribution in [2.75, 3.05) is 36.1 Å².